The van der Waals surface area contributed by atoms with Gasteiger partial charge in [0.15, 0.2) is 0 Å². The maximum Gasteiger partial charge on any atom is 0.227 e. The van der Waals surface area contributed by atoms with Gasteiger partial charge in [0.1, 0.15) is 0 Å². The van der Waals surface area contributed by atoms with Gasteiger partial charge in [-0.3, -0.25) is 4.79 Å². The standard InChI is InChI=1S/C16H19ClN2O/c17-14-9-8-12(11-18)10-15(14)19-16(20)13-6-4-2-1-3-5-7-13/h8-10,13H,1-7H2,(H,19,20). The number of carbonyl (C=O) groups excluding carboxylic acids is 1. The SMILES string of the molecule is N#Cc1ccc(Cl)c(NC(=O)C2CCCCCCC2)c1. The molecule has 1 aromatic rings. The third kappa shape index (κ3) is 3.98. The number of hydrogen-bond donors (Lipinski definition) is 1. The van der Waals surface area contributed by atoms with Crippen molar-refractivity contribution in [2.75, 3.05) is 5.32 Å². The average molecular weight is 291 g/mol. The highest BCUT2D eigenvalue weighted by Gasteiger charge is 2.20. The van der Waals surface area contributed by atoms with Gasteiger partial charge in [0.2, 0.25) is 5.91 Å². The van der Waals surface area contributed by atoms with Gasteiger partial charge in [-0.25, -0.2) is 0 Å². The van der Waals surface area contributed by atoms with Crippen LogP contribution < -0.4 is 5.32 Å². The topological polar surface area (TPSA) is 52.9 Å². The van der Waals surface area contributed by atoms with Gasteiger partial charge in [0.05, 0.1) is 22.3 Å². The van der Waals surface area contributed by atoms with Crippen LogP contribution in [0.3, 0.4) is 0 Å². The Morgan fingerprint density at radius 1 is 1.20 bits per heavy atom. The predicted octanol–water partition coefficient (Wildman–Crippen LogP) is 4.51. The summed E-state index contributed by atoms with van der Waals surface area (Å²) in [7, 11) is 0. The van der Waals surface area contributed by atoms with Crippen molar-refractivity contribution >= 4 is 23.2 Å². The smallest absolute Gasteiger partial charge is 0.227 e. The Morgan fingerprint density at radius 2 is 1.85 bits per heavy atom. The summed E-state index contributed by atoms with van der Waals surface area (Å²) in [6.45, 7) is 0. The van der Waals surface area contributed by atoms with E-state index in [4.69, 9.17) is 16.9 Å². The van der Waals surface area contributed by atoms with E-state index in [-0.39, 0.29) is 11.8 Å². The van der Waals surface area contributed by atoms with E-state index in [9.17, 15) is 4.79 Å². The van der Waals surface area contributed by atoms with Crippen molar-refractivity contribution in [2.45, 2.75) is 44.9 Å². The zero-order chi connectivity index (χ0) is 14.4. The molecule has 0 radical (unpaired) electrons. The van der Waals surface area contributed by atoms with Crippen LogP contribution in [0.25, 0.3) is 0 Å². The number of rotatable bonds is 2. The van der Waals surface area contributed by atoms with E-state index in [1.807, 2.05) is 0 Å². The molecule has 0 aromatic heterocycles. The summed E-state index contributed by atoms with van der Waals surface area (Å²) in [4.78, 5) is 12.3. The van der Waals surface area contributed by atoms with Gasteiger partial charge in [-0.1, -0.05) is 43.7 Å². The summed E-state index contributed by atoms with van der Waals surface area (Å²) in [6.07, 6.45) is 7.84. The van der Waals surface area contributed by atoms with Crippen LogP contribution in [0.2, 0.25) is 5.02 Å². The predicted molar refractivity (Wildman–Crippen MR) is 80.6 cm³/mol. The zero-order valence-corrected chi connectivity index (χ0v) is 12.2. The first kappa shape index (κ1) is 14.9. The molecule has 2 rings (SSSR count). The molecule has 0 atom stereocenters. The molecule has 106 valence electrons. The summed E-state index contributed by atoms with van der Waals surface area (Å²) in [5.74, 6) is 0.0981. The van der Waals surface area contributed by atoms with Crippen molar-refractivity contribution in [3.8, 4) is 6.07 Å². The minimum atomic E-state index is 0.0314. The quantitative estimate of drug-likeness (QED) is 0.871. The summed E-state index contributed by atoms with van der Waals surface area (Å²) in [5, 5.41) is 12.3. The molecule has 0 aliphatic heterocycles. The first-order valence-corrected chi connectivity index (χ1v) is 7.59. The highest BCUT2D eigenvalue weighted by Crippen LogP contribution is 2.27. The molecule has 1 saturated carbocycles. The van der Waals surface area contributed by atoms with Crippen LogP contribution >= 0.6 is 11.6 Å². The van der Waals surface area contributed by atoms with E-state index < -0.39 is 0 Å². The van der Waals surface area contributed by atoms with Gasteiger partial charge >= 0.3 is 0 Å². The molecular weight excluding hydrogens is 272 g/mol. The van der Waals surface area contributed by atoms with Crippen LogP contribution in [0.5, 0.6) is 0 Å². The number of nitrogens with zero attached hydrogens (tertiary/aromatic N) is 1. The third-order valence-corrected chi connectivity index (χ3v) is 4.16. The maximum absolute atomic E-state index is 12.3. The Morgan fingerprint density at radius 3 is 2.50 bits per heavy atom. The molecule has 1 aromatic carbocycles. The van der Waals surface area contributed by atoms with Gasteiger partial charge in [-0.2, -0.15) is 5.26 Å². The number of carbonyl (C=O) groups is 1. The monoisotopic (exact) mass is 290 g/mol. The summed E-state index contributed by atoms with van der Waals surface area (Å²) < 4.78 is 0. The van der Waals surface area contributed by atoms with Crippen LogP contribution in [0.15, 0.2) is 18.2 Å². The highest BCUT2D eigenvalue weighted by molar-refractivity contribution is 6.33. The molecule has 0 saturated heterocycles. The second kappa shape index (κ2) is 7.31. The molecule has 20 heavy (non-hydrogen) atoms. The lowest BCUT2D eigenvalue weighted by molar-refractivity contribution is -0.120. The maximum atomic E-state index is 12.3. The molecule has 0 bridgehead atoms. The Hall–Kier alpha value is -1.53. The second-order valence-corrected chi connectivity index (χ2v) is 5.74. The Labute approximate surface area is 124 Å². The van der Waals surface area contributed by atoms with E-state index in [1.54, 1.807) is 18.2 Å². The largest absolute Gasteiger partial charge is 0.324 e. The normalized spacial score (nSPS) is 16.8. The molecule has 3 nitrogen and oxygen atoms in total. The van der Waals surface area contributed by atoms with Crippen molar-refractivity contribution in [1.82, 2.24) is 0 Å². The van der Waals surface area contributed by atoms with E-state index in [0.29, 0.717) is 16.3 Å². The third-order valence-electron chi connectivity index (χ3n) is 3.83. The summed E-state index contributed by atoms with van der Waals surface area (Å²) in [5.41, 5.74) is 1.04. The van der Waals surface area contributed by atoms with Crippen molar-refractivity contribution < 1.29 is 4.79 Å². The van der Waals surface area contributed by atoms with Gasteiger partial charge < -0.3 is 5.32 Å². The van der Waals surface area contributed by atoms with Gasteiger partial charge in [-0.15, -0.1) is 0 Å². The molecule has 4 heteroatoms. The molecule has 1 amide bonds. The number of hydrogen-bond acceptors (Lipinski definition) is 2. The number of halogens is 1. The van der Waals surface area contributed by atoms with Crippen LogP contribution in [0.4, 0.5) is 5.69 Å². The Kier molecular flexibility index (Phi) is 5.43. The van der Waals surface area contributed by atoms with E-state index in [2.05, 4.69) is 11.4 Å². The van der Waals surface area contributed by atoms with Crippen LogP contribution in [-0.4, -0.2) is 5.91 Å². The molecule has 0 spiro atoms. The fourth-order valence-corrected chi connectivity index (χ4v) is 2.81. The number of benzene rings is 1. The lowest BCUT2D eigenvalue weighted by atomic mass is 9.90. The number of amides is 1. The van der Waals surface area contributed by atoms with Crippen molar-refractivity contribution in [1.29, 1.82) is 5.26 Å². The summed E-state index contributed by atoms with van der Waals surface area (Å²) >= 11 is 6.07. The number of anilines is 1. The molecular formula is C16H19ClN2O. The van der Waals surface area contributed by atoms with Crippen molar-refractivity contribution in [3.63, 3.8) is 0 Å². The Balaban J connectivity index is 2.04. The fourth-order valence-electron chi connectivity index (χ4n) is 2.64. The first-order valence-electron chi connectivity index (χ1n) is 7.21. The molecule has 1 aliphatic rings. The minimum Gasteiger partial charge on any atom is -0.324 e. The fraction of sp³-hybridized carbons (Fsp3) is 0.500. The van der Waals surface area contributed by atoms with Crippen molar-refractivity contribution in [2.24, 2.45) is 5.92 Å². The molecule has 0 heterocycles. The van der Waals surface area contributed by atoms with Crippen LogP contribution in [0, 0.1) is 17.2 Å². The van der Waals surface area contributed by atoms with Crippen LogP contribution in [-0.2, 0) is 4.79 Å². The van der Waals surface area contributed by atoms with E-state index in [1.165, 1.54) is 19.3 Å². The lowest BCUT2D eigenvalue weighted by Gasteiger charge is -2.19. The van der Waals surface area contributed by atoms with Gasteiger partial charge in [0.25, 0.3) is 0 Å². The first-order chi connectivity index (χ1) is 9.70. The minimum absolute atomic E-state index is 0.0314. The summed E-state index contributed by atoms with van der Waals surface area (Å²) in [6, 6.07) is 6.98. The molecule has 1 fully saturated rings. The molecule has 1 N–H and O–H groups in total. The number of nitrogens with one attached hydrogen (secondary N) is 1. The number of nitriles is 1. The molecule has 1 aliphatic carbocycles. The van der Waals surface area contributed by atoms with E-state index in [0.717, 1.165) is 25.7 Å². The van der Waals surface area contributed by atoms with E-state index >= 15 is 0 Å². The lowest BCUT2D eigenvalue weighted by Crippen LogP contribution is -2.23. The van der Waals surface area contributed by atoms with Gasteiger partial charge in [-0.05, 0) is 31.0 Å². The zero-order valence-electron chi connectivity index (χ0n) is 11.5. The second-order valence-electron chi connectivity index (χ2n) is 5.34. The molecule has 0 unspecified atom stereocenters. The van der Waals surface area contributed by atoms with Crippen LogP contribution in [0.1, 0.15) is 50.5 Å². The van der Waals surface area contributed by atoms with Gasteiger partial charge in [0, 0.05) is 5.92 Å². The average Bonchev–Trinajstić information content (AvgIpc) is 2.40. The Bertz CT molecular complexity index is 514. The highest BCUT2D eigenvalue weighted by atomic mass is 35.5. The van der Waals surface area contributed by atoms with Crippen molar-refractivity contribution in [3.05, 3.63) is 28.8 Å².